The van der Waals surface area contributed by atoms with Gasteiger partial charge in [-0.15, -0.1) is 0 Å². The maximum atomic E-state index is 13.3. The highest BCUT2D eigenvalue weighted by molar-refractivity contribution is 6.45. The molecule has 0 bridgehead atoms. The lowest BCUT2D eigenvalue weighted by molar-refractivity contribution is -0.120. The second-order valence-corrected chi connectivity index (χ2v) is 7.07. The lowest BCUT2D eigenvalue weighted by Gasteiger charge is -2.20. The number of aryl methyl sites for hydroxylation is 2. The maximum absolute atomic E-state index is 13.3. The quantitative estimate of drug-likeness (QED) is 0.796. The molecule has 0 aliphatic carbocycles. The predicted octanol–water partition coefficient (Wildman–Crippen LogP) is 3.68. The predicted molar refractivity (Wildman–Crippen MR) is 103 cm³/mol. The van der Waals surface area contributed by atoms with Crippen LogP contribution in [0.15, 0.2) is 54.2 Å². The van der Waals surface area contributed by atoms with E-state index in [4.69, 9.17) is 0 Å². The first-order valence-corrected chi connectivity index (χ1v) is 9.08. The number of imide groups is 1. The Kier molecular flexibility index (Phi) is 4.11. The number of carbonyl (C=O) groups is 2. The van der Waals surface area contributed by atoms with E-state index < -0.39 is 0 Å². The average Bonchev–Trinajstić information content (AvgIpc) is 3.23. The van der Waals surface area contributed by atoms with Crippen molar-refractivity contribution in [3.8, 4) is 0 Å². The second-order valence-electron chi connectivity index (χ2n) is 7.07. The fourth-order valence-corrected chi connectivity index (χ4v) is 3.66. The summed E-state index contributed by atoms with van der Waals surface area (Å²) in [5.74, 6) is -0.444. The van der Waals surface area contributed by atoms with Crippen molar-refractivity contribution in [3.63, 3.8) is 0 Å². The Balaban J connectivity index is 1.82. The van der Waals surface area contributed by atoms with Crippen molar-refractivity contribution in [1.82, 2.24) is 4.90 Å². The summed E-state index contributed by atoms with van der Waals surface area (Å²) in [6, 6.07) is 15.4. The third-order valence-electron chi connectivity index (χ3n) is 5.11. The largest absolute Gasteiger partial charge is 0.366 e. The minimum absolute atomic E-state index is 0.212. The third-order valence-corrected chi connectivity index (χ3v) is 5.11. The van der Waals surface area contributed by atoms with Crippen molar-refractivity contribution < 1.29 is 9.59 Å². The van der Waals surface area contributed by atoms with Crippen molar-refractivity contribution in [2.45, 2.75) is 26.7 Å². The minimum atomic E-state index is -0.232. The van der Waals surface area contributed by atoms with Gasteiger partial charge in [0.15, 0.2) is 0 Å². The van der Waals surface area contributed by atoms with Gasteiger partial charge >= 0.3 is 0 Å². The molecule has 2 aromatic rings. The molecule has 0 atom stereocenters. The number of hydrogen-bond donors (Lipinski definition) is 0. The summed E-state index contributed by atoms with van der Waals surface area (Å²) in [5, 5.41) is 0. The van der Waals surface area contributed by atoms with Crippen molar-refractivity contribution in [2.24, 2.45) is 0 Å². The van der Waals surface area contributed by atoms with Crippen molar-refractivity contribution in [1.29, 1.82) is 0 Å². The monoisotopic (exact) mass is 346 g/mol. The molecule has 0 unspecified atom stereocenters. The molecule has 4 nitrogen and oxygen atoms in total. The molecule has 0 aromatic heterocycles. The van der Waals surface area contributed by atoms with E-state index in [0.717, 1.165) is 42.6 Å². The number of benzene rings is 2. The number of nitrogens with zero attached hydrogens (tertiary/aromatic N) is 2. The Bertz CT molecular complexity index is 889. The van der Waals surface area contributed by atoms with Gasteiger partial charge in [0.1, 0.15) is 5.70 Å². The van der Waals surface area contributed by atoms with Gasteiger partial charge in [-0.05, 0) is 44.4 Å². The van der Waals surface area contributed by atoms with Gasteiger partial charge in [0.25, 0.3) is 11.8 Å². The van der Waals surface area contributed by atoms with Crippen molar-refractivity contribution in [2.75, 3.05) is 18.0 Å². The van der Waals surface area contributed by atoms with Crippen LogP contribution in [0, 0.1) is 13.8 Å². The molecule has 2 aliphatic heterocycles. The highest BCUT2D eigenvalue weighted by Crippen LogP contribution is 2.36. The van der Waals surface area contributed by atoms with E-state index in [-0.39, 0.29) is 11.8 Å². The number of rotatable bonds is 3. The van der Waals surface area contributed by atoms with E-state index in [9.17, 15) is 9.59 Å². The smallest absolute Gasteiger partial charge is 0.282 e. The normalized spacial score (nSPS) is 17.6. The summed E-state index contributed by atoms with van der Waals surface area (Å²) in [6.45, 7) is 5.65. The topological polar surface area (TPSA) is 40.6 Å². The van der Waals surface area contributed by atoms with Gasteiger partial charge in [0.2, 0.25) is 0 Å². The van der Waals surface area contributed by atoms with Crippen LogP contribution < -0.4 is 4.90 Å². The fourth-order valence-electron chi connectivity index (χ4n) is 3.66. The third kappa shape index (κ3) is 2.71. The van der Waals surface area contributed by atoms with Gasteiger partial charge < -0.3 is 4.90 Å². The van der Waals surface area contributed by atoms with Crippen LogP contribution in [0.5, 0.6) is 0 Å². The first kappa shape index (κ1) is 16.6. The zero-order valence-corrected chi connectivity index (χ0v) is 15.2. The molecule has 0 N–H and O–H groups in total. The van der Waals surface area contributed by atoms with Gasteiger partial charge in [-0.3, -0.25) is 9.59 Å². The summed E-state index contributed by atoms with van der Waals surface area (Å²) < 4.78 is 0. The highest BCUT2D eigenvalue weighted by Gasteiger charge is 2.42. The first-order chi connectivity index (χ1) is 12.6. The summed E-state index contributed by atoms with van der Waals surface area (Å²) >= 11 is 0. The van der Waals surface area contributed by atoms with Gasteiger partial charge in [0, 0.05) is 13.1 Å². The Labute approximate surface area is 153 Å². The Morgan fingerprint density at radius 2 is 1.27 bits per heavy atom. The Hall–Kier alpha value is -2.88. The molecular formula is C22H22N2O2. The minimum Gasteiger partial charge on any atom is -0.366 e. The highest BCUT2D eigenvalue weighted by atomic mass is 16.2. The zero-order chi connectivity index (χ0) is 18.3. The second kappa shape index (κ2) is 6.45. The summed E-state index contributed by atoms with van der Waals surface area (Å²) in [5.41, 5.74) is 4.74. The van der Waals surface area contributed by atoms with Gasteiger partial charge in [0.05, 0.1) is 11.3 Å². The molecule has 2 aliphatic rings. The van der Waals surface area contributed by atoms with E-state index in [2.05, 4.69) is 4.90 Å². The van der Waals surface area contributed by atoms with Crippen LogP contribution in [0.4, 0.5) is 5.69 Å². The molecule has 0 saturated carbocycles. The van der Waals surface area contributed by atoms with Crippen molar-refractivity contribution in [3.05, 3.63) is 70.9 Å². The molecule has 1 fully saturated rings. The molecule has 1 saturated heterocycles. The lowest BCUT2D eigenvalue weighted by atomic mass is 10.0. The maximum Gasteiger partial charge on any atom is 0.282 e. The van der Waals surface area contributed by atoms with E-state index in [1.807, 2.05) is 62.4 Å². The van der Waals surface area contributed by atoms with Crippen LogP contribution in [-0.2, 0) is 9.59 Å². The summed E-state index contributed by atoms with van der Waals surface area (Å²) in [6.07, 6.45) is 2.10. The Morgan fingerprint density at radius 3 is 1.85 bits per heavy atom. The summed E-state index contributed by atoms with van der Waals surface area (Å²) in [7, 11) is 0. The fraction of sp³-hybridized carbons (Fsp3) is 0.273. The molecule has 26 heavy (non-hydrogen) atoms. The van der Waals surface area contributed by atoms with Crippen LogP contribution in [0.1, 0.15) is 29.5 Å². The van der Waals surface area contributed by atoms with Gasteiger partial charge in [-0.25, -0.2) is 4.90 Å². The molecule has 2 heterocycles. The van der Waals surface area contributed by atoms with Gasteiger partial charge in [-0.1, -0.05) is 47.5 Å². The first-order valence-electron chi connectivity index (χ1n) is 9.08. The number of hydrogen-bond acceptors (Lipinski definition) is 3. The van der Waals surface area contributed by atoms with E-state index in [0.29, 0.717) is 17.0 Å². The van der Waals surface area contributed by atoms with E-state index in [1.54, 1.807) is 0 Å². The van der Waals surface area contributed by atoms with Crippen molar-refractivity contribution >= 4 is 23.1 Å². The average molecular weight is 346 g/mol. The SMILES string of the molecule is Cc1ccc(C2=C(N3CCCC3)C(=O)N(c3ccc(C)cc3)C2=O)cc1. The number of amides is 2. The van der Waals surface area contributed by atoms with Gasteiger partial charge in [-0.2, -0.15) is 0 Å². The number of carbonyl (C=O) groups excluding carboxylic acids is 2. The number of anilines is 1. The van der Waals surface area contributed by atoms with Crippen LogP contribution >= 0.6 is 0 Å². The van der Waals surface area contributed by atoms with Crippen LogP contribution in [-0.4, -0.2) is 29.8 Å². The standard InChI is InChI=1S/C22H22N2O2/c1-15-5-9-17(10-6-15)19-20(23-13-3-4-14-23)22(26)24(21(19)25)18-11-7-16(2)8-12-18/h5-12H,3-4,13-14H2,1-2H3. The molecule has 2 aromatic carbocycles. The number of likely N-dealkylation sites (tertiary alicyclic amines) is 1. The molecule has 0 radical (unpaired) electrons. The lowest BCUT2D eigenvalue weighted by Crippen LogP contribution is -2.34. The molecular weight excluding hydrogens is 324 g/mol. The van der Waals surface area contributed by atoms with Crippen LogP contribution in [0.25, 0.3) is 5.57 Å². The van der Waals surface area contributed by atoms with E-state index >= 15 is 0 Å². The van der Waals surface area contributed by atoms with Crippen LogP contribution in [0.2, 0.25) is 0 Å². The summed E-state index contributed by atoms with van der Waals surface area (Å²) in [4.78, 5) is 29.9. The molecule has 132 valence electrons. The molecule has 0 spiro atoms. The van der Waals surface area contributed by atoms with E-state index in [1.165, 1.54) is 4.90 Å². The molecule has 4 rings (SSSR count). The van der Waals surface area contributed by atoms with Crippen LogP contribution in [0.3, 0.4) is 0 Å². The molecule has 4 heteroatoms. The molecule has 2 amide bonds. The zero-order valence-electron chi connectivity index (χ0n) is 15.2. The Morgan fingerprint density at radius 1 is 0.731 bits per heavy atom.